The van der Waals surface area contributed by atoms with Crippen LogP contribution in [0.2, 0.25) is 0 Å². The number of fused-ring (bicyclic) bond motifs is 2. The molecule has 1 aromatic heterocycles. The maximum Gasteiger partial charge on any atom is 0.107 e. The Labute approximate surface area is 135 Å². The second kappa shape index (κ2) is 5.53. The van der Waals surface area contributed by atoms with Crippen LogP contribution in [0.1, 0.15) is 46.9 Å². The summed E-state index contributed by atoms with van der Waals surface area (Å²) in [7, 11) is 0. The average Bonchev–Trinajstić information content (AvgIpc) is 3.42. The summed E-state index contributed by atoms with van der Waals surface area (Å²) in [5.41, 5.74) is 4.54. The summed E-state index contributed by atoms with van der Waals surface area (Å²) >= 11 is 0. The molecule has 1 fully saturated rings. The lowest BCUT2D eigenvalue weighted by atomic mass is 9.95. The highest BCUT2D eigenvalue weighted by Crippen LogP contribution is 2.35. The van der Waals surface area contributed by atoms with Crippen LogP contribution < -0.4 is 5.32 Å². The first kappa shape index (κ1) is 14.0. The molecule has 2 N–H and O–H groups in total. The number of hydrogen-bond donors (Lipinski definition) is 2. The molecule has 0 saturated heterocycles. The van der Waals surface area contributed by atoms with Gasteiger partial charge in [0.1, 0.15) is 6.10 Å². The lowest BCUT2D eigenvalue weighted by molar-refractivity contribution is 0.219. The third kappa shape index (κ3) is 2.60. The number of aromatic nitrogens is 1. The van der Waals surface area contributed by atoms with Crippen molar-refractivity contribution in [1.29, 1.82) is 5.26 Å². The van der Waals surface area contributed by atoms with Crippen molar-refractivity contribution in [3.05, 3.63) is 58.4 Å². The summed E-state index contributed by atoms with van der Waals surface area (Å²) in [6.45, 7) is 0.960. The van der Waals surface area contributed by atoms with E-state index in [1.54, 1.807) is 12.3 Å². The average molecular weight is 303 g/mol. The summed E-state index contributed by atoms with van der Waals surface area (Å²) < 4.78 is 0. The number of nitrogens with one attached hydrogen (secondary N) is 1. The van der Waals surface area contributed by atoms with Crippen LogP contribution in [0.5, 0.6) is 0 Å². The molecule has 4 rings (SSSR count). The van der Waals surface area contributed by atoms with Crippen LogP contribution in [0.25, 0.3) is 12.2 Å². The third-order valence-electron chi connectivity index (χ3n) is 4.50. The van der Waals surface area contributed by atoms with Gasteiger partial charge in [-0.3, -0.25) is 4.98 Å². The molecule has 0 bridgehead atoms. The predicted octanol–water partition coefficient (Wildman–Crippen LogP) is 3.34. The highest BCUT2D eigenvalue weighted by Gasteiger charge is 2.23. The monoisotopic (exact) mass is 303 g/mol. The van der Waals surface area contributed by atoms with Crippen LogP contribution in [0.4, 0.5) is 5.69 Å². The highest BCUT2D eigenvalue weighted by atomic mass is 16.3. The molecule has 114 valence electrons. The first-order valence-corrected chi connectivity index (χ1v) is 7.89. The number of pyridine rings is 1. The molecule has 0 aliphatic heterocycles. The number of hydrogen-bond acceptors (Lipinski definition) is 4. The van der Waals surface area contributed by atoms with Crippen molar-refractivity contribution in [2.45, 2.75) is 18.9 Å². The first-order chi connectivity index (χ1) is 11.3. The van der Waals surface area contributed by atoms with Crippen LogP contribution in [-0.2, 0) is 0 Å². The largest absolute Gasteiger partial charge is 0.384 e. The Bertz CT molecular complexity index is 831. The fraction of sp³-hybridized carbons (Fsp3) is 0.263. The minimum atomic E-state index is -0.779. The van der Waals surface area contributed by atoms with E-state index < -0.39 is 6.10 Å². The Hall–Kier alpha value is -2.64. The predicted molar refractivity (Wildman–Crippen MR) is 89.6 cm³/mol. The quantitative estimate of drug-likeness (QED) is 0.912. The van der Waals surface area contributed by atoms with Crippen molar-refractivity contribution < 1.29 is 5.11 Å². The van der Waals surface area contributed by atoms with Gasteiger partial charge in [0.2, 0.25) is 0 Å². The zero-order valence-electron chi connectivity index (χ0n) is 12.7. The lowest BCUT2D eigenvalue weighted by Crippen LogP contribution is -2.08. The van der Waals surface area contributed by atoms with Crippen molar-refractivity contribution in [1.82, 2.24) is 4.98 Å². The number of aliphatic hydroxyl groups excluding tert-OH is 1. The molecule has 2 aliphatic rings. The Morgan fingerprint density at radius 3 is 2.91 bits per heavy atom. The molecular formula is C19H17N3O. The van der Waals surface area contributed by atoms with Crippen molar-refractivity contribution >= 4 is 17.8 Å². The van der Waals surface area contributed by atoms with Crippen LogP contribution in [0, 0.1) is 17.2 Å². The van der Waals surface area contributed by atoms with Crippen molar-refractivity contribution in [2.24, 2.45) is 5.92 Å². The van der Waals surface area contributed by atoms with Gasteiger partial charge in [-0.1, -0.05) is 18.2 Å². The van der Waals surface area contributed by atoms with Crippen LogP contribution >= 0.6 is 0 Å². The summed E-state index contributed by atoms with van der Waals surface area (Å²) in [5.74, 6) is 0.776. The molecule has 1 saturated carbocycles. The Morgan fingerprint density at radius 1 is 1.26 bits per heavy atom. The second-order valence-corrected chi connectivity index (χ2v) is 6.18. The maximum absolute atomic E-state index is 10.8. The van der Waals surface area contributed by atoms with Gasteiger partial charge in [0, 0.05) is 12.1 Å². The Morgan fingerprint density at radius 2 is 2.13 bits per heavy atom. The van der Waals surface area contributed by atoms with E-state index >= 15 is 0 Å². The van der Waals surface area contributed by atoms with Gasteiger partial charge in [-0.25, -0.2) is 0 Å². The van der Waals surface area contributed by atoms with E-state index in [2.05, 4.69) is 16.4 Å². The first-order valence-electron chi connectivity index (χ1n) is 7.89. The lowest BCUT2D eigenvalue weighted by Gasteiger charge is -2.16. The topological polar surface area (TPSA) is 68.9 Å². The van der Waals surface area contributed by atoms with Gasteiger partial charge in [-0.15, -0.1) is 0 Å². The van der Waals surface area contributed by atoms with Crippen LogP contribution in [-0.4, -0.2) is 16.6 Å². The van der Waals surface area contributed by atoms with Crippen LogP contribution in [0.15, 0.2) is 30.5 Å². The minimum absolute atomic E-state index is 0.567. The van der Waals surface area contributed by atoms with Gasteiger partial charge >= 0.3 is 0 Å². The standard InChI is InChI=1S/C19H17N3O/c20-9-13-2-1-3-16-15(13)6-7-18-17(19(16)23)8-14(11-22-18)21-10-12-4-5-12/h1-3,6-8,11-12,19,21,23H,4-5,10H2. The van der Waals surface area contributed by atoms with E-state index in [0.29, 0.717) is 5.56 Å². The zero-order chi connectivity index (χ0) is 15.8. The molecule has 1 unspecified atom stereocenters. The molecule has 1 heterocycles. The van der Waals surface area contributed by atoms with Gasteiger partial charge in [0.05, 0.1) is 29.2 Å². The fourth-order valence-corrected chi connectivity index (χ4v) is 2.97. The normalized spacial score (nSPS) is 18.5. The molecule has 0 amide bonds. The highest BCUT2D eigenvalue weighted by molar-refractivity contribution is 5.78. The third-order valence-corrected chi connectivity index (χ3v) is 4.50. The van der Waals surface area contributed by atoms with Crippen LogP contribution in [0.3, 0.4) is 0 Å². The molecule has 4 heteroatoms. The number of aliphatic hydroxyl groups is 1. The molecule has 23 heavy (non-hydrogen) atoms. The molecule has 2 aromatic rings. The molecule has 2 aliphatic carbocycles. The molecule has 4 nitrogen and oxygen atoms in total. The molecule has 0 radical (unpaired) electrons. The zero-order valence-corrected chi connectivity index (χ0v) is 12.7. The summed E-state index contributed by atoms with van der Waals surface area (Å²) in [5, 5.41) is 23.5. The number of anilines is 1. The minimum Gasteiger partial charge on any atom is -0.384 e. The van der Waals surface area contributed by atoms with Gasteiger partial charge in [0.15, 0.2) is 0 Å². The fourth-order valence-electron chi connectivity index (χ4n) is 2.97. The van der Waals surface area contributed by atoms with Gasteiger partial charge in [-0.2, -0.15) is 5.26 Å². The van der Waals surface area contributed by atoms with E-state index in [1.807, 2.05) is 30.4 Å². The van der Waals surface area contributed by atoms with Crippen molar-refractivity contribution in [3.8, 4) is 6.07 Å². The summed E-state index contributed by atoms with van der Waals surface area (Å²) in [6.07, 6.45) is 7.35. The summed E-state index contributed by atoms with van der Waals surface area (Å²) in [4.78, 5) is 4.47. The van der Waals surface area contributed by atoms with Crippen molar-refractivity contribution in [2.75, 3.05) is 11.9 Å². The van der Waals surface area contributed by atoms with E-state index in [-0.39, 0.29) is 0 Å². The number of nitrogens with zero attached hydrogens (tertiary/aromatic N) is 2. The van der Waals surface area contributed by atoms with Gasteiger partial charge < -0.3 is 10.4 Å². The molecule has 0 spiro atoms. The van der Waals surface area contributed by atoms with E-state index in [1.165, 1.54) is 12.8 Å². The van der Waals surface area contributed by atoms with E-state index in [9.17, 15) is 10.4 Å². The Balaban J connectivity index is 1.74. The van der Waals surface area contributed by atoms with Crippen molar-refractivity contribution in [3.63, 3.8) is 0 Å². The summed E-state index contributed by atoms with van der Waals surface area (Å²) in [6, 6.07) is 9.59. The SMILES string of the molecule is N#Cc1cccc2c1C=Cc1ncc(NCC3CC3)cc1C2O. The number of rotatable bonds is 3. The molecule has 1 aromatic carbocycles. The number of nitriles is 1. The second-order valence-electron chi connectivity index (χ2n) is 6.18. The van der Waals surface area contributed by atoms with Gasteiger partial charge in [0.25, 0.3) is 0 Å². The maximum atomic E-state index is 10.8. The Kier molecular flexibility index (Phi) is 3.36. The smallest absolute Gasteiger partial charge is 0.107 e. The number of benzene rings is 1. The van der Waals surface area contributed by atoms with E-state index in [4.69, 9.17) is 0 Å². The van der Waals surface area contributed by atoms with E-state index in [0.717, 1.165) is 40.5 Å². The molecular weight excluding hydrogens is 286 g/mol. The molecule has 1 atom stereocenters. The van der Waals surface area contributed by atoms with Gasteiger partial charge in [-0.05, 0) is 48.1 Å².